The Labute approximate surface area is 129 Å². The maximum atomic E-state index is 11.5. The number of benzene rings is 1. The number of ether oxygens (including phenoxy) is 1. The number of fused-ring (bicyclic) bond motifs is 1. The SMILES string of the molecule is CCOC(=O)c1cc(CSc2nc3ccccc3s2)on1. The normalized spacial score (nSPS) is 10.9. The third kappa shape index (κ3) is 3.25. The second-order valence-electron chi connectivity index (χ2n) is 4.14. The van der Waals surface area contributed by atoms with Gasteiger partial charge in [0.25, 0.3) is 0 Å². The summed E-state index contributed by atoms with van der Waals surface area (Å²) in [5.74, 6) is 0.742. The molecule has 3 rings (SSSR count). The van der Waals surface area contributed by atoms with Crippen molar-refractivity contribution in [2.45, 2.75) is 17.0 Å². The van der Waals surface area contributed by atoms with Crippen molar-refractivity contribution in [3.05, 3.63) is 41.8 Å². The van der Waals surface area contributed by atoms with Crippen molar-refractivity contribution in [1.82, 2.24) is 10.1 Å². The Balaban J connectivity index is 1.66. The van der Waals surface area contributed by atoms with Gasteiger partial charge in [0, 0.05) is 6.07 Å². The predicted molar refractivity (Wildman–Crippen MR) is 81.6 cm³/mol. The molecule has 21 heavy (non-hydrogen) atoms. The Hall–Kier alpha value is -1.86. The van der Waals surface area contributed by atoms with Crippen LogP contribution in [0.3, 0.4) is 0 Å². The van der Waals surface area contributed by atoms with E-state index in [0.29, 0.717) is 18.1 Å². The van der Waals surface area contributed by atoms with Crippen LogP contribution in [0.5, 0.6) is 0 Å². The lowest BCUT2D eigenvalue weighted by Gasteiger charge is -1.94. The highest BCUT2D eigenvalue weighted by Gasteiger charge is 2.14. The Kier molecular flexibility index (Phi) is 4.21. The number of esters is 1. The van der Waals surface area contributed by atoms with Crippen molar-refractivity contribution >= 4 is 39.3 Å². The van der Waals surface area contributed by atoms with Crippen LogP contribution < -0.4 is 0 Å². The van der Waals surface area contributed by atoms with Gasteiger partial charge in [0.05, 0.1) is 22.6 Å². The summed E-state index contributed by atoms with van der Waals surface area (Å²) in [6.45, 7) is 2.07. The van der Waals surface area contributed by atoms with E-state index >= 15 is 0 Å². The molecule has 3 aromatic rings. The quantitative estimate of drug-likeness (QED) is 0.527. The molecule has 0 bridgehead atoms. The second kappa shape index (κ2) is 6.28. The molecule has 0 saturated heterocycles. The van der Waals surface area contributed by atoms with E-state index < -0.39 is 5.97 Å². The van der Waals surface area contributed by atoms with Gasteiger partial charge in [-0.3, -0.25) is 0 Å². The molecular weight excluding hydrogens is 308 g/mol. The van der Waals surface area contributed by atoms with E-state index in [4.69, 9.17) is 9.26 Å². The average Bonchev–Trinajstić information content (AvgIpc) is 3.11. The van der Waals surface area contributed by atoms with Crippen molar-refractivity contribution in [1.29, 1.82) is 0 Å². The first-order valence-corrected chi connectivity index (χ1v) is 8.17. The molecule has 2 heterocycles. The monoisotopic (exact) mass is 320 g/mol. The average molecular weight is 320 g/mol. The van der Waals surface area contributed by atoms with Crippen LogP contribution in [0.1, 0.15) is 23.2 Å². The third-order valence-electron chi connectivity index (χ3n) is 2.66. The van der Waals surface area contributed by atoms with Crippen LogP contribution in [0.15, 0.2) is 39.2 Å². The highest BCUT2D eigenvalue weighted by Crippen LogP contribution is 2.31. The smallest absolute Gasteiger partial charge is 0.360 e. The molecule has 0 atom stereocenters. The molecule has 0 fully saturated rings. The highest BCUT2D eigenvalue weighted by atomic mass is 32.2. The molecule has 7 heteroatoms. The fourth-order valence-corrected chi connectivity index (χ4v) is 3.67. The van der Waals surface area contributed by atoms with Gasteiger partial charge in [-0.2, -0.15) is 0 Å². The van der Waals surface area contributed by atoms with E-state index in [1.54, 1.807) is 36.1 Å². The van der Waals surface area contributed by atoms with E-state index in [2.05, 4.69) is 10.1 Å². The van der Waals surface area contributed by atoms with Crippen LogP contribution in [-0.2, 0) is 10.5 Å². The van der Waals surface area contributed by atoms with Gasteiger partial charge < -0.3 is 9.26 Å². The van der Waals surface area contributed by atoms with E-state index in [9.17, 15) is 4.79 Å². The summed E-state index contributed by atoms with van der Waals surface area (Å²) in [7, 11) is 0. The lowest BCUT2D eigenvalue weighted by atomic mass is 10.3. The van der Waals surface area contributed by atoms with E-state index in [-0.39, 0.29) is 5.69 Å². The van der Waals surface area contributed by atoms with Gasteiger partial charge in [0.1, 0.15) is 5.76 Å². The number of rotatable bonds is 5. The molecule has 0 aliphatic rings. The van der Waals surface area contributed by atoms with Gasteiger partial charge in [-0.25, -0.2) is 9.78 Å². The summed E-state index contributed by atoms with van der Waals surface area (Å²) < 4.78 is 12.1. The van der Waals surface area contributed by atoms with Crippen LogP contribution in [0.25, 0.3) is 10.2 Å². The first kappa shape index (κ1) is 14.1. The summed E-state index contributed by atoms with van der Waals surface area (Å²) in [5.41, 5.74) is 1.20. The summed E-state index contributed by atoms with van der Waals surface area (Å²) in [6, 6.07) is 9.61. The molecule has 2 aromatic heterocycles. The van der Waals surface area contributed by atoms with Gasteiger partial charge in [0.15, 0.2) is 10.0 Å². The number of hydrogen-bond donors (Lipinski definition) is 0. The van der Waals surface area contributed by atoms with Crippen molar-refractivity contribution in [3.63, 3.8) is 0 Å². The standard InChI is InChI=1S/C14H12N2O3S2/c1-2-18-13(17)11-7-9(19-16-11)8-20-14-15-10-5-3-4-6-12(10)21-14/h3-7H,2,8H2,1H3. The van der Waals surface area contributed by atoms with Gasteiger partial charge in [-0.15, -0.1) is 11.3 Å². The fraction of sp³-hybridized carbons (Fsp3) is 0.214. The van der Waals surface area contributed by atoms with Gasteiger partial charge in [-0.05, 0) is 19.1 Å². The van der Waals surface area contributed by atoms with Crippen molar-refractivity contribution in [2.75, 3.05) is 6.61 Å². The number of thiazole rings is 1. The summed E-state index contributed by atoms with van der Waals surface area (Å²) in [4.78, 5) is 16.0. The molecule has 0 spiro atoms. The fourth-order valence-electron chi connectivity index (χ4n) is 1.73. The number of carbonyl (C=O) groups excluding carboxylic acids is 1. The van der Waals surface area contributed by atoms with Gasteiger partial charge in [0.2, 0.25) is 0 Å². The number of nitrogens with zero attached hydrogens (tertiary/aromatic N) is 2. The van der Waals surface area contributed by atoms with Crippen LogP contribution in [0, 0.1) is 0 Å². The second-order valence-corrected chi connectivity index (χ2v) is 6.39. The molecule has 0 N–H and O–H groups in total. The van der Waals surface area contributed by atoms with E-state index in [0.717, 1.165) is 14.6 Å². The topological polar surface area (TPSA) is 65.2 Å². The van der Waals surface area contributed by atoms with E-state index in [1.807, 2.05) is 24.3 Å². The Bertz CT molecular complexity index is 733. The third-order valence-corrected chi connectivity index (χ3v) is 4.86. The Morgan fingerprint density at radius 3 is 3.10 bits per heavy atom. The molecule has 0 saturated carbocycles. The predicted octanol–water partition coefficient (Wildman–Crippen LogP) is 3.75. The summed E-state index contributed by atoms with van der Waals surface area (Å²) in [6.07, 6.45) is 0. The first-order valence-electron chi connectivity index (χ1n) is 6.37. The molecule has 108 valence electrons. The molecule has 0 aliphatic heterocycles. The molecule has 0 radical (unpaired) electrons. The minimum absolute atomic E-state index is 0.205. The number of thioether (sulfide) groups is 1. The molecule has 0 unspecified atom stereocenters. The lowest BCUT2D eigenvalue weighted by molar-refractivity contribution is 0.0514. The van der Waals surface area contributed by atoms with Crippen LogP contribution in [0.2, 0.25) is 0 Å². The molecule has 0 amide bonds. The number of hydrogen-bond acceptors (Lipinski definition) is 7. The molecule has 1 aromatic carbocycles. The number of carbonyl (C=O) groups is 1. The molecular formula is C14H12N2O3S2. The lowest BCUT2D eigenvalue weighted by Crippen LogP contribution is -2.04. The summed E-state index contributed by atoms with van der Waals surface area (Å²) in [5, 5.41) is 3.71. The van der Waals surface area contributed by atoms with Crippen molar-refractivity contribution < 1.29 is 14.1 Å². The maximum absolute atomic E-state index is 11.5. The highest BCUT2D eigenvalue weighted by molar-refractivity contribution is 8.00. The minimum atomic E-state index is -0.461. The first-order chi connectivity index (χ1) is 10.3. The van der Waals surface area contributed by atoms with Crippen molar-refractivity contribution in [3.8, 4) is 0 Å². The van der Waals surface area contributed by atoms with Crippen molar-refractivity contribution in [2.24, 2.45) is 0 Å². The zero-order valence-corrected chi connectivity index (χ0v) is 12.9. The minimum Gasteiger partial charge on any atom is -0.461 e. The Morgan fingerprint density at radius 1 is 1.43 bits per heavy atom. The largest absolute Gasteiger partial charge is 0.461 e. The molecule has 0 aliphatic carbocycles. The number of aromatic nitrogens is 2. The van der Waals surface area contributed by atoms with Gasteiger partial charge in [-0.1, -0.05) is 29.1 Å². The van der Waals surface area contributed by atoms with Gasteiger partial charge >= 0.3 is 5.97 Å². The van der Waals surface area contributed by atoms with E-state index in [1.165, 1.54) is 0 Å². The number of para-hydroxylation sites is 1. The Morgan fingerprint density at radius 2 is 2.29 bits per heavy atom. The van der Waals surface area contributed by atoms with Crippen LogP contribution in [-0.4, -0.2) is 22.7 Å². The molecule has 5 nitrogen and oxygen atoms in total. The van der Waals surface area contributed by atoms with Crippen LogP contribution in [0.4, 0.5) is 0 Å². The zero-order chi connectivity index (χ0) is 14.7. The zero-order valence-electron chi connectivity index (χ0n) is 11.2. The van der Waals surface area contributed by atoms with Crippen LogP contribution >= 0.6 is 23.1 Å². The maximum Gasteiger partial charge on any atom is 0.360 e. The summed E-state index contributed by atoms with van der Waals surface area (Å²) >= 11 is 3.20.